The van der Waals surface area contributed by atoms with Crippen LogP contribution in [0.2, 0.25) is 0 Å². The van der Waals surface area contributed by atoms with Crippen LogP contribution < -0.4 is 27.0 Å². The maximum Gasteiger partial charge on any atom is 0.322 e. The molecule has 33 heavy (non-hydrogen) atoms. The van der Waals surface area contributed by atoms with E-state index >= 15 is 0 Å². The molecule has 0 unspecified atom stereocenters. The molecule has 180 valence electrons. The van der Waals surface area contributed by atoms with Crippen LogP contribution in [0, 0.1) is 0 Å². The first-order chi connectivity index (χ1) is 15.6. The lowest BCUT2D eigenvalue weighted by atomic mass is 10.1. The number of hydrogen-bond acceptors (Lipinski definition) is 8. The van der Waals surface area contributed by atoms with Crippen LogP contribution in [0.3, 0.4) is 0 Å². The van der Waals surface area contributed by atoms with Gasteiger partial charge in [0.05, 0.1) is 20.2 Å². The van der Waals surface area contributed by atoms with Gasteiger partial charge in [0, 0.05) is 18.5 Å². The summed E-state index contributed by atoms with van der Waals surface area (Å²) in [6, 6.07) is 5.88. The van der Waals surface area contributed by atoms with Gasteiger partial charge in [-0.25, -0.2) is 0 Å². The van der Waals surface area contributed by atoms with Gasteiger partial charge in [0.2, 0.25) is 23.6 Å². The zero-order valence-electron chi connectivity index (χ0n) is 18.0. The second kappa shape index (κ2) is 14.1. The fraction of sp³-hybridized carbons (Fsp3) is 0.400. The molecule has 0 aliphatic heterocycles. The molecule has 0 aliphatic rings. The quantitative estimate of drug-likeness (QED) is 0.176. The zero-order valence-corrected chi connectivity index (χ0v) is 18.0. The first-order valence-electron chi connectivity index (χ1n) is 9.84. The molecule has 1 aromatic carbocycles. The third kappa shape index (κ3) is 11.8. The molecular formula is C20H27N5O8. The number of benzene rings is 1. The van der Waals surface area contributed by atoms with Crippen molar-refractivity contribution in [1.29, 1.82) is 0 Å². The number of amides is 4. The fourth-order valence-corrected chi connectivity index (χ4v) is 2.41. The average Bonchev–Trinajstić information content (AvgIpc) is 2.79. The van der Waals surface area contributed by atoms with Crippen molar-refractivity contribution in [1.82, 2.24) is 16.0 Å². The number of esters is 1. The largest absolute Gasteiger partial charge is 0.480 e. The first-order valence-corrected chi connectivity index (χ1v) is 9.84. The monoisotopic (exact) mass is 465 g/mol. The van der Waals surface area contributed by atoms with Crippen molar-refractivity contribution in [2.75, 3.05) is 32.1 Å². The van der Waals surface area contributed by atoms with E-state index in [4.69, 9.17) is 10.8 Å². The Kier molecular flexibility index (Phi) is 11.6. The van der Waals surface area contributed by atoms with E-state index in [0.29, 0.717) is 5.69 Å². The summed E-state index contributed by atoms with van der Waals surface area (Å²) < 4.78 is 4.57. The van der Waals surface area contributed by atoms with Gasteiger partial charge in [-0.2, -0.15) is 0 Å². The van der Waals surface area contributed by atoms with E-state index in [2.05, 4.69) is 26.0 Å². The average molecular weight is 465 g/mol. The van der Waals surface area contributed by atoms with Gasteiger partial charge in [0.1, 0.15) is 12.6 Å². The molecular weight excluding hydrogens is 438 g/mol. The van der Waals surface area contributed by atoms with Gasteiger partial charge in [-0.05, 0) is 24.1 Å². The number of carbonyl (C=O) groups excluding carboxylic acids is 5. The number of anilines is 1. The zero-order chi connectivity index (χ0) is 24.8. The molecule has 1 atom stereocenters. The van der Waals surface area contributed by atoms with Crippen LogP contribution in [0.1, 0.15) is 18.4 Å². The summed E-state index contributed by atoms with van der Waals surface area (Å²) in [4.78, 5) is 68.3. The minimum absolute atomic E-state index is 0.125. The number of hydrogen-bond donors (Lipinski definition) is 6. The second-order valence-corrected chi connectivity index (χ2v) is 6.80. The molecule has 13 nitrogen and oxygen atoms in total. The topological polar surface area (TPSA) is 206 Å². The highest BCUT2D eigenvalue weighted by atomic mass is 16.5. The number of nitrogens with one attached hydrogen (secondary N) is 4. The molecule has 0 saturated carbocycles. The number of carboxylic acids is 1. The van der Waals surface area contributed by atoms with Gasteiger partial charge in [0.25, 0.3) is 0 Å². The van der Waals surface area contributed by atoms with Gasteiger partial charge in [-0.3, -0.25) is 28.8 Å². The van der Waals surface area contributed by atoms with Crippen molar-refractivity contribution in [3.63, 3.8) is 0 Å². The van der Waals surface area contributed by atoms with E-state index in [1.54, 1.807) is 24.3 Å². The number of aliphatic carboxylic acids is 1. The van der Waals surface area contributed by atoms with E-state index < -0.39 is 61.2 Å². The Hall–Kier alpha value is -4.00. The van der Waals surface area contributed by atoms with Gasteiger partial charge >= 0.3 is 11.9 Å². The summed E-state index contributed by atoms with van der Waals surface area (Å²) in [6.45, 7) is -1.40. The normalized spacial score (nSPS) is 11.0. The molecule has 0 heterocycles. The van der Waals surface area contributed by atoms with Crippen molar-refractivity contribution in [2.45, 2.75) is 25.3 Å². The van der Waals surface area contributed by atoms with Crippen molar-refractivity contribution in [3.05, 3.63) is 29.8 Å². The van der Waals surface area contributed by atoms with Crippen LogP contribution in [-0.4, -0.2) is 73.5 Å². The number of rotatable bonds is 13. The lowest BCUT2D eigenvalue weighted by Crippen LogP contribution is -2.43. The predicted octanol–water partition coefficient (Wildman–Crippen LogP) is -2.12. The molecule has 0 saturated heterocycles. The van der Waals surface area contributed by atoms with Crippen molar-refractivity contribution >= 4 is 41.3 Å². The Morgan fingerprint density at radius 1 is 0.848 bits per heavy atom. The third-order valence-corrected chi connectivity index (χ3v) is 4.11. The lowest BCUT2D eigenvalue weighted by Gasteiger charge is -2.10. The molecule has 0 aromatic heterocycles. The van der Waals surface area contributed by atoms with Crippen molar-refractivity contribution < 1.29 is 38.6 Å². The van der Waals surface area contributed by atoms with Crippen LogP contribution >= 0.6 is 0 Å². The van der Waals surface area contributed by atoms with Gasteiger partial charge in [0.15, 0.2) is 0 Å². The fourth-order valence-electron chi connectivity index (χ4n) is 2.41. The molecule has 7 N–H and O–H groups in total. The number of carboxylic acid groups (broad SMARTS) is 1. The van der Waals surface area contributed by atoms with E-state index in [-0.39, 0.29) is 19.3 Å². The molecule has 4 amide bonds. The third-order valence-electron chi connectivity index (χ3n) is 4.11. The summed E-state index contributed by atoms with van der Waals surface area (Å²) in [7, 11) is 1.25. The molecule has 0 spiro atoms. The molecule has 0 aliphatic carbocycles. The first kappa shape index (κ1) is 27.0. The Balaban J connectivity index is 2.28. The van der Waals surface area contributed by atoms with Crippen molar-refractivity contribution in [2.24, 2.45) is 5.73 Å². The molecule has 0 fully saturated rings. The highest BCUT2D eigenvalue weighted by Gasteiger charge is 2.14. The van der Waals surface area contributed by atoms with Crippen LogP contribution in [0.4, 0.5) is 5.69 Å². The Morgan fingerprint density at radius 2 is 1.36 bits per heavy atom. The summed E-state index contributed by atoms with van der Waals surface area (Å²) in [6.07, 6.45) is -0.00799. The Bertz CT molecular complexity index is 872. The molecule has 1 rings (SSSR count). The maximum atomic E-state index is 12.0. The highest BCUT2D eigenvalue weighted by molar-refractivity contribution is 5.94. The summed E-state index contributed by atoms with van der Waals surface area (Å²) in [5.74, 6) is -4.03. The van der Waals surface area contributed by atoms with Crippen LogP contribution in [0.5, 0.6) is 0 Å². The Labute approximate surface area is 189 Å². The second-order valence-electron chi connectivity index (χ2n) is 6.80. The number of carbonyl (C=O) groups is 6. The summed E-state index contributed by atoms with van der Waals surface area (Å²) in [5.41, 5.74) is 6.97. The summed E-state index contributed by atoms with van der Waals surface area (Å²) in [5, 5.41) is 17.6. The molecule has 0 bridgehead atoms. The Morgan fingerprint density at radius 3 is 1.91 bits per heavy atom. The van der Waals surface area contributed by atoms with Crippen LogP contribution in [0.15, 0.2) is 24.3 Å². The highest BCUT2D eigenvalue weighted by Crippen LogP contribution is 2.12. The van der Waals surface area contributed by atoms with Crippen LogP contribution in [-0.2, 0) is 39.9 Å². The van der Waals surface area contributed by atoms with E-state index in [1.165, 1.54) is 7.11 Å². The number of nitrogens with two attached hydrogens (primary N) is 1. The number of methoxy groups -OCH3 is 1. The van der Waals surface area contributed by atoms with Gasteiger partial charge < -0.3 is 36.8 Å². The maximum absolute atomic E-state index is 12.0. The molecule has 1 aromatic rings. The smallest absolute Gasteiger partial charge is 0.322 e. The van der Waals surface area contributed by atoms with Crippen LogP contribution in [0.25, 0.3) is 0 Å². The minimum Gasteiger partial charge on any atom is -0.480 e. The standard InChI is InChI=1S/C20H27N5O8/c1-33-20(32)14(21)8-12-2-4-13(5-3-12)25-16(27)7-6-15(26)22-9-17(28)23-10-18(29)24-11-19(30)31/h2-5,14H,6-11,21H2,1H3,(H,22,26)(H,23,28)(H,24,29)(H,25,27)(H,30,31)/t14-/m0/s1. The van der Waals surface area contributed by atoms with Gasteiger partial charge in [-0.1, -0.05) is 12.1 Å². The van der Waals surface area contributed by atoms with E-state index in [1.807, 2.05) is 0 Å². The summed E-state index contributed by atoms with van der Waals surface area (Å²) >= 11 is 0. The van der Waals surface area contributed by atoms with Gasteiger partial charge in [-0.15, -0.1) is 0 Å². The van der Waals surface area contributed by atoms with E-state index in [0.717, 1.165) is 5.56 Å². The SMILES string of the molecule is COC(=O)[C@@H](N)Cc1ccc(NC(=O)CCC(=O)NCC(=O)NCC(=O)NCC(=O)O)cc1. The number of ether oxygens (including phenoxy) is 1. The predicted molar refractivity (Wildman–Crippen MR) is 115 cm³/mol. The lowest BCUT2D eigenvalue weighted by molar-refractivity contribution is -0.142. The van der Waals surface area contributed by atoms with Crippen molar-refractivity contribution in [3.8, 4) is 0 Å². The van der Waals surface area contributed by atoms with E-state index in [9.17, 15) is 28.8 Å². The molecule has 0 radical (unpaired) electrons. The molecule has 13 heteroatoms. The minimum atomic E-state index is -1.22.